The Balaban J connectivity index is 3.17. The molecule has 0 saturated heterocycles. The predicted octanol–water partition coefficient (Wildman–Crippen LogP) is 1.01. The molecule has 0 amide bonds. The maximum Gasteiger partial charge on any atom is 0.0541 e. The molecule has 0 aliphatic heterocycles. The number of carboxylic acid groups (broad SMARTS) is 1. The number of hydrogen-bond acceptors (Lipinski definition) is 3. The van der Waals surface area contributed by atoms with Gasteiger partial charge >= 0.3 is 0 Å². The lowest BCUT2D eigenvalue weighted by Crippen LogP contribution is -2.31. The fourth-order valence-electron chi connectivity index (χ4n) is 0.882. The molecule has 0 spiro atoms. The molecule has 1 atom stereocenters. The minimum absolute atomic E-state index is 0.577. The molecule has 2 nitrogen and oxygen atoms in total. The van der Waals surface area contributed by atoms with Crippen LogP contribution < -0.4 is 5.11 Å². The second-order valence-electron chi connectivity index (χ2n) is 2.68. The number of carbonyl (C=O) groups excluding carboxylic acids is 1. The summed E-state index contributed by atoms with van der Waals surface area (Å²) in [6.07, 6.45) is 5.01. The standard InChI is InChI=1S/C8H16O2S/c1-2-3-4-5-6-7(11)8(9)10/h7,11H,2-6H2,1H3,(H,9,10)/p-1. The van der Waals surface area contributed by atoms with Crippen LogP contribution in [0.15, 0.2) is 0 Å². The molecular weight excluding hydrogens is 160 g/mol. The highest BCUT2D eigenvalue weighted by molar-refractivity contribution is 7.81. The van der Waals surface area contributed by atoms with Gasteiger partial charge in [-0.3, -0.25) is 0 Å². The first-order valence-corrected chi connectivity index (χ1v) is 4.59. The van der Waals surface area contributed by atoms with Crippen molar-refractivity contribution >= 4 is 18.6 Å². The SMILES string of the molecule is CCCCCCC(S)C(=O)[O-]. The minimum Gasteiger partial charge on any atom is -0.549 e. The van der Waals surface area contributed by atoms with Crippen LogP contribution in [-0.4, -0.2) is 11.2 Å². The summed E-state index contributed by atoms with van der Waals surface area (Å²) in [5.41, 5.74) is 0. The van der Waals surface area contributed by atoms with Crippen molar-refractivity contribution in [2.24, 2.45) is 0 Å². The van der Waals surface area contributed by atoms with E-state index < -0.39 is 11.2 Å². The van der Waals surface area contributed by atoms with Crippen molar-refractivity contribution < 1.29 is 9.90 Å². The smallest absolute Gasteiger partial charge is 0.0541 e. The molecule has 0 N–H and O–H groups in total. The summed E-state index contributed by atoms with van der Waals surface area (Å²) in [6, 6.07) is 0. The predicted molar refractivity (Wildman–Crippen MR) is 46.5 cm³/mol. The van der Waals surface area contributed by atoms with Crippen LogP contribution >= 0.6 is 12.6 Å². The first-order chi connectivity index (χ1) is 5.18. The highest BCUT2D eigenvalue weighted by atomic mass is 32.1. The summed E-state index contributed by atoms with van der Waals surface area (Å²) in [6.45, 7) is 2.12. The van der Waals surface area contributed by atoms with E-state index in [2.05, 4.69) is 19.6 Å². The number of thiol groups is 1. The van der Waals surface area contributed by atoms with Crippen molar-refractivity contribution in [3.8, 4) is 0 Å². The van der Waals surface area contributed by atoms with Crippen molar-refractivity contribution in [1.82, 2.24) is 0 Å². The van der Waals surface area contributed by atoms with Crippen LogP contribution in [0.1, 0.15) is 39.0 Å². The largest absolute Gasteiger partial charge is 0.549 e. The molecule has 0 aliphatic rings. The zero-order valence-corrected chi connectivity index (χ0v) is 7.77. The van der Waals surface area contributed by atoms with E-state index in [9.17, 15) is 9.90 Å². The van der Waals surface area contributed by atoms with E-state index in [1.54, 1.807) is 0 Å². The van der Waals surface area contributed by atoms with Crippen LogP contribution in [0.3, 0.4) is 0 Å². The molecule has 0 aromatic heterocycles. The van der Waals surface area contributed by atoms with Gasteiger partial charge < -0.3 is 9.90 Å². The number of rotatable bonds is 6. The number of unbranched alkanes of at least 4 members (excludes halogenated alkanes) is 3. The third-order valence-corrected chi connectivity index (χ3v) is 2.07. The monoisotopic (exact) mass is 175 g/mol. The maximum absolute atomic E-state index is 10.2. The second kappa shape index (κ2) is 6.53. The number of aliphatic carboxylic acids is 1. The van der Waals surface area contributed by atoms with E-state index in [4.69, 9.17) is 0 Å². The van der Waals surface area contributed by atoms with E-state index >= 15 is 0 Å². The van der Waals surface area contributed by atoms with E-state index in [-0.39, 0.29) is 0 Å². The van der Waals surface area contributed by atoms with Crippen LogP contribution in [0, 0.1) is 0 Å². The molecule has 66 valence electrons. The van der Waals surface area contributed by atoms with Crippen LogP contribution in [0.5, 0.6) is 0 Å². The number of carboxylic acids is 1. The molecule has 0 heterocycles. The Labute approximate surface area is 73.4 Å². The molecule has 0 rings (SSSR count). The van der Waals surface area contributed by atoms with Gasteiger partial charge in [-0.15, -0.1) is 0 Å². The Bertz CT molecular complexity index is 115. The Kier molecular flexibility index (Phi) is 6.42. The first kappa shape index (κ1) is 10.8. The third kappa shape index (κ3) is 6.23. The lowest BCUT2D eigenvalue weighted by Gasteiger charge is -2.10. The van der Waals surface area contributed by atoms with Gasteiger partial charge in [-0.1, -0.05) is 32.6 Å². The van der Waals surface area contributed by atoms with Gasteiger partial charge in [0, 0.05) is 5.25 Å². The lowest BCUT2D eigenvalue weighted by molar-refractivity contribution is -0.304. The minimum atomic E-state index is -1.05. The van der Waals surface area contributed by atoms with E-state index in [0.29, 0.717) is 6.42 Å². The van der Waals surface area contributed by atoms with Gasteiger partial charge in [0.05, 0.1) is 5.97 Å². The van der Waals surface area contributed by atoms with Crippen LogP contribution in [0.25, 0.3) is 0 Å². The van der Waals surface area contributed by atoms with Crippen molar-refractivity contribution in [2.45, 2.75) is 44.3 Å². The van der Waals surface area contributed by atoms with E-state index in [1.807, 2.05) is 0 Å². The molecular formula is C8H15O2S-. The summed E-state index contributed by atoms with van der Waals surface area (Å²) in [5, 5.41) is 9.60. The second-order valence-corrected chi connectivity index (χ2v) is 3.31. The highest BCUT2D eigenvalue weighted by Crippen LogP contribution is 2.08. The van der Waals surface area contributed by atoms with E-state index in [0.717, 1.165) is 12.8 Å². The van der Waals surface area contributed by atoms with Gasteiger partial charge in [-0.05, 0) is 6.42 Å². The molecule has 0 radical (unpaired) electrons. The van der Waals surface area contributed by atoms with Crippen LogP contribution in [-0.2, 0) is 4.79 Å². The number of hydrogen-bond donors (Lipinski definition) is 1. The summed E-state index contributed by atoms with van der Waals surface area (Å²) < 4.78 is 0. The molecule has 0 aliphatic carbocycles. The molecule has 0 aromatic carbocycles. The third-order valence-electron chi connectivity index (χ3n) is 1.60. The Morgan fingerprint density at radius 2 is 2.09 bits per heavy atom. The summed E-state index contributed by atoms with van der Waals surface area (Å²) in [5.74, 6) is -1.05. The summed E-state index contributed by atoms with van der Waals surface area (Å²) >= 11 is 3.87. The zero-order chi connectivity index (χ0) is 8.69. The Morgan fingerprint density at radius 1 is 1.45 bits per heavy atom. The van der Waals surface area contributed by atoms with Crippen LogP contribution in [0.2, 0.25) is 0 Å². The quantitative estimate of drug-likeness (QED) is 0.483. The van der Waals surface area contributed by atoms with Crippen molar-refractivity contribution in [1.29, 1.82) is 0 Å². The molecule has 1 unspecified atom stereocenters. The lowest BCUT2D eigenvalue weighted by atomic mass is 10.1. The molecule has 0 bridgehead atoms. The van der Waals surface area contributed by atoms with Gasteiger partial charge in [0.15, 0.2) is 0 Å². The van der Waals surface area contributed by atoms with Gasteiger partial charge in [-0.2, -0.15) is 12.6 Å². The van der Waals surface area contributed by atoms with Gasteiger partial charge in [0.25, 0.3) is 0 Å². The zero-order valence-electron chi connectivity index (χ0n) is 6.88. The topological polar surface area (TPSA) is 40.1 Å². The molecule has 0 saturated carbocycles. The van der Waals surface area contributed by atoms with Crippen molar-refractivity contribution in [3.05, 3.63) is 0 Å². The fraction of sp³-hybridized carbons (Fsp3) is 0.875. The van der Waals surface area contributed by atoms with Crippen LogP contribution in [0.4, 0.5) is 0 Å². The summed E-state index contributed by atoms with van der Waals surface area (Å²) in [4.78, 5) is 10.2. The molecule has 0 fully saturated rings. The summed E-state index contributed by atoms with van der Waals surface area (Å²) in [7, 11) is 0. The fourth-order valence-corrected chi connectivity index (χ4v) is 1.06. The molecule has 3 heteroatoms. The van der Waals surface area contributed by atoms with Gasteiger partial charge in [0.1, 0.15) is 0 Å². The average Bonchev–Trinajstić information content (AvgIpc) is 1.97. The number of carbonyl (C=O) groups is 1. The van der Waals surface area contributed by atoms with Crippen molar-refractivity contribution in [2.75, 3.05) is 0 Å². The van der Waals surface area contributed by atoms with Gasteiger partial charge in [0.2, 0.25) is 0 Å². The van der Waals surface area contributed by atoms with Crippen molar-refractivity contribution in [3.63, 3.8) is 0 Å². The maximum atomic E-state index is 10.2. The Hall–Kier alpha value is -0.180. The van der Waals surface area contributed by atoms with E-state index in [1.165, 1.54) is 12.8 Å². The normalized spacial score (nSPS) is 12.9. The first-order valence-electron chi connectivity index (χ1n) is 4.07. The Morgan fingerprint density at radius 3 is 2.55 bits per heavy atom. The average molecular weight is 175 g/mol. The molecule has 11 heavy (non-hydrogen) atoms. The molecule has 0 aromatic rings. The van der Waals surface area contributed by atoms with Gasteiger partial charge in [-0.25, -0.2) is 0 Å². The highest BCUT2D eigenvalue weighted by Gasteiger charge is 2.01.